The summed E-state index contributed by atoms with van der Waals surface area (Å²) in [5.74, 6) is -16.2. The number of unbranched alkanes of at least 4 members (excludes halogenated alkanes) is 2. The zero-order chi connectivity index (χ0) is 91.0. The number of H-pyrrole nitrogens is 1. The Hall–Kier alpha value is -11.9. The third-order valence-corrected chi connectivity index (χ3v) is 20.5. The topological polar surface area (TPSA) is 625 Å². The van der Waals surface area contributed by atoms with Crippen LogP contribution in [0.4, 0.5) is 0 Å². The summed E-state index contributed by atoms with van der Waals surface area (Å²) in [5, 5.41) is 78.0. The van der Waals surface area contributed by atoms with Gasteiger partial charge in [0.25, 0.3) is 0 Å². The van der Waals surface area contributed by atoms with Gasteiger partial charge in [0.1, 0.15) is 78.5 Å². The van der Waals surface area contributed by atoms with E-state index in [1.165, 1.54) is 0 Å². The van der Waals surface area contributed by atoms with Crippen molar-refractivity contribution in [3.8, 4) is 0 Å². The summed E-state index contributed by atoms with van der Waals surface area (Å²) in [6, 6.07) is 19.1. The minimum Gasteiger partial charge on any atom is -0.480 e. The van der Waals surface area contributed by atoms with Crippen LogP contribution in [-0.4, -0.2) is 249 Å². The molecule has 0 radical (unpaired) electrons. The second-order valence-electron chi connectivity index (χ2n) is 29.8. The fourth-order valence-electron chi connectivity index (χ4n) is 13.0. The molecule has 0 saturated heterocycles. The van der Waals surface area contributed by atoms with E-state index in [2.05, 4.69) is 105 Å². The number of carboxylic acid groups (broad SMARTS) is 1. The number of amides is 14. The maximum Gasteiger partial charge on any atom is 0.327 e. The average molecular weight is 1760 g/mol. The molecule has 3 unspecified atom stereocenters. The number of para-hydroxylation sites is 1. The molecule has 1 heterocycles. The molecule has 0 fully saturated rings. The van der Waals surface area contributed by atoms with Gasteiger partial charge < -0.3 is 117 Å². The first-order valence-electron chi connectivity index (χ1n) is 40.5. The number of nitrogens with one attached hydrogen (secondary N) is 15. The van der Waals surface area contributed by atoms with Gasteiger partial charge in [-0.2, -0.15) is 25.3 Å². The number of thiol groups is 2. The van der Waals surface area contributed by atoms with Gasteiger partial charge in [0.15, 0.2) is 0 Å². The Balaban J connectivity index is 1.31. The summed E-state index contributed by atoms with van der Waals surface area (Å²) in [6.07, 6.45) is -3.64. The maximum absolute atomic E-state index is 15.5. The Morgan fingerprint density at radius 1 is 0.379 bits per heavy atom. The molecule has 0 spiro atoms. The van der Waals surface area contributed by atoms with Crippen molar-refractivity contribution in [2.45, 2.75) is 195 Å². The molecule has 0 saturated carbocycles. The Bertz CT molecular complexity index is 4520. The molecule has 0 aliphatic rings. The van der Waals surface area contributed by atoms with Crippen molar-refractivity contribution in [3.05, 3.63) is 180 Å². The minimum absolute atomic E-state index is 0.0371. The van der Waals surface area contributed by atoms with Gasteiger partial charge in [-0.3, -0.25) is 72.4 Å². The van der Waals surface area contributed by atoms with Crippen LogP contribution in [0.3, 0.4) is 0 Å². The highest BCUT2D eigenvalue weighted by atomic mass is 32.1. The largest absolute Gasteiger partial charge is 0.480 e. The third kappa shape index (κ3) is 33.7. The highest BCUT2D eigenvalue weighted by Crippen LogP contribution is 2.21. The highest BCUT2D eigenvalue weighted by Gasteiger charge is 2.40. The van der Waals surface area contributed by atoms with Crippen molar-refractivity contribution in [3.63, 3.8) is 0 Å². The van der Waals surface area contributed by atoms with Crippen LogP contribution >= 0.6 is 25.3 Å². The number of hydrogen-bond acceptors (Lipinski definition) is 24. The predicted molar refractivity (Wildman–Crippen MR) is 465 cm³/mol. The van der Waals surface area contributed by atoms with Crippen molar-refractivity contribution in [2.75, 3.05) is 37.7 Å². The average Bonchev–Trinajstić information content (AvgIpc) is 1.63. The van der Waals surface area contributed by atoms with E-state index in [4.69, 9.17) is 22.9 Å². The van der Waals surface area contributed by atoms with Gasteiger partial charge in [-0.25, -0.2) is 4.79 Å². The van der Waals surface area contributed by atoms with E-state index in [1.54, 1.807) is 159 Å². The van der Waals surface area contributed by atoms with Crippen molar-refractivity contribution in [2.24, 2.45) is 22.9 Å². The molecule has 40 heteroatoms. The Morgan fingerprint density at radius 3 is 1.06 bits per heavy atom. The zero-order valence-electron chi connectivity index (χ0n) is 69.0. The number of carboxylic acids is 1. The van der Waals surface area contributed by atoms with Gasteiger partial charge in [-0.15, -0.1) is 0 Å². The fourth-order valence-corrected chi connectivity index (χ4v) is 13.5. The number of rotatable bonds is 54. The van der Waals surface area contributed by atoms with E-state index in [0.29, 0.717) is 51.6 Å². The summed E-state index contributed by atoms with van der Waals surface area (Å²) in [7, 11) is 0. The number of fused-ring (bicyclic) bond motifs is 1. The van der Waals surface area contributed by atoms with E-state index in [0.717, 1.165) is 13.8 Å². The van der Waals surface area contributed by atoms with E-state index >= 15 is 19.2 Å². The number of aliphatic hydroxyl groups is 3. The molecule has 0 bridgehead atoms. The van der Waals surface area contributed by atoms with Gasteiger partial charge >= 0.3 is 5.97 Å². The Kier molecular flexibility index (Phi) is 42.8. The summed E-state index contributed by atoms with van der Waals surface area (Å²) in [6.45, 7) is 2.87. The molecule has 0 aliphatic carbocycles. The smallest absolute Gasteiger partial charge is 0.327 e. The van der Waals surface area contributed by atoms with Gasteiger partial charge in [-0.05, 0) is 106 Å². The highest BCUT2D eigenvalue weighted by molar-refractivity contribution is 7.80. The lowest BCUT2D eigenvalue weighted by Crippen LogP contribution is -2.63. The molecule has 5 aromatic carbocycles. The van der Waals surface area contributed by atoms with Crippen LogP contribution in [0.2, 0.25) is 0 Å². The van der Waals surface area contributed by atoms with Crippen LogP contribution in [-0.2, 0) is 104 Å². The van der Waals surface area contributed by atoms with E-state index in [9.17, 15) is 73.2 Å². The lowest BCUT2D eigenvalue weighted by Gasteiger charge is -2.29. The first-order chi connectivity index (χ1) is 59.3. The number of hydrogen-bond donors (Lipinski definition) is 25. The van der Waals surface area contributed by atoms with Gasteiger partial charge in [0.2, 0.25) is 82.7 Å². The number of aliphatic carboxylic acids is 1. The SMILES string of the molecule is CC(N)NCC(=O)N[C@@H](CS)C(=O)N[C@@H](CCCCN)C(=O)N[C@@H](CC(N)=O)C(=O)N[C@@H](Cc1ccccc1)C(=O)N[C@@H](Cc1ccccc1)C(=O)N[C@@H](Cc1ccccc1)C(=O)N[C@H](Cc1c[nH]c2ccccc12)C(=O)N[C@@H](CCCCN)C(=O)N[C@H](C(=O)N[C@@H](Cc1ccccc1)C(=O)N[C@H](C(=O)N[C@@H](CO)C(=O)N[C@@H](CS)C(=O)O)C(C)O)C(C)O. The number of carbonyl (C=O) groups is 15. The number of aromatic amines is 1. The molecular weight excluding hydrogens is 1640 g/mol. The molecule has 6 rings (SSSR count). The quantitative estimate of drug-likeness (QED) is 0.00976. The molecule has 16 atom stereocenters. The van der Waals surface area contributed by atoms with Crippen LogP contribution < -0.4 is 97.4 Å². The van der Waals surface area contributed by atoms with Crippen LogP contribution in [0.15, 0.2) is 152 Å². The first kappa shape index (κ1) is 101. The molecule has 1 aromatic heterocycles. The summed E-state index contributed by atoms with van der Waals surface area (Å²) < 4.78 is 0. The zero-order valence-corrected chi connectivity index (χ0v) is 70.8. The molecule has 124 heavy (non-hydrogen) atoms. The number of aliphatic hydroxyl groups excluding tert-OH is 3. The molecule has 6 aromatic rings. The third-order valence-electron chi connectivity index (χ3n) is 19.7. The number of benzene rings is 5. The number of carbonyl (C=O) groups excluding carboxylic acids is 14. The van der Waals surface area contributed by atoms with Crippen molar-refractivity contribution in [1.82, 2.24) is 79.4 Å². The van der Waals surface area contributed by atoms with E-state index in [1.807, 2.05) is 0 Å². The van der Waals surface area contributed by atoms with Crippen LogP contribution in [0, 0.1) is 0 Å². The fraction of sp³-hybridized carbons (Fsp3) is 0.440. The molecule has 14 amide bonds. The van der Waals surface area contributed by atoms with E-state index < -0.39 is 199 Å². The first-order valence-corrected chi connectivity index (χ1v) is 41.8. The monoisotopic (exact) mass is 1760 g/mol. The standard InChI is InChI=1S/C84H115N19O19S2/c1-47(105)70(82(119)99-62(39-53-28-14-7-15-29-53)79(116)103-71(48(2)106)83(120)100-65(44-104)80(117)101-67(46-124)84(121)122)102-73(110)58(33-19-21-35-86)92-77(114)63(40-54-42-90-56-31-17-16-30-55(54)56)97-76(113)61(38-52-26-12-6-13-27-52)95-74(111)59(36-50-22-8-4-9-23-50)94-75(112)60(37-51-24-10-5-11-25-51)96-78(115)64(41-68(88)107)98-72(109)57(32-18-20-34-85)93-81(118)66(45-123)91-69(108)43-89-49(3)87/h4-17,22-31,42,47-49,57-67,70-71,89-90,104-106,123-124H,18-21,32-41,43-46,85-87H2,1-3H3,(H2,88,107)(H,91,108)(H,92,114)(H,93,118)(H,94,112)(H,95,111)(H,96,115)(H,97,113)(H,98,109)(H,99,119)(H,100,120)(H,101,117)(H,102,110)(H,103,116)(H,121,122)/t47?,48?,49?,57-,58-,59-,60-,61-,62-,63+,64-,65-,66-,67-,70-,71-/m0/s1. The summed E-state index contributed by atoms with van der Waals surface area (Å²) in [5.41, 5.74) is 26.2. The number of aromatic nitrogens is 1. The summed E-state index contributed by atoms with van der Waals surface area (Å²) >= 11 is 8.14. The second kappa shape index (κ2) is 52.5. The van der Waals surface area contributed by atoms with Gasteiger partial charge in [0, 0.05) is 60.7 Å². The van der Waals surface area contributed by atoms with Gasteiger partial charge in [-0.1, -0.05) is 140 Å². The van der Waals surface area contributed by atoms with Crippen LogP contribution in [0.1, 0.15) is 93.5 Å². The molecule has 27 N–H and O–H groups in total. The predicted octanol–water partition coefficient (Wildman–Crippen LogP) is -4.29. The van der Waals surface area contributed by atoms with Crippen LogP contribution in [0.25, 0.3) is 10.9 Å². The minimum atomic E-state index is -1.91. The van der Waals surface area contributed by atoms with Gasteiger partial charge in [0.05, 0.1) is 37.9 Å². The Labute approximate surface area is 727 Å². The lowest BCUT2D eigenvalue weighted by molar-refractivity contribution is -0.142. The number of primary amides is 1. The molecule has 0 aliphatic heterocycles. The number of nitrogens with two attached hydrogens (primary N) is 4. The summed E-state index contributed by atoms with van der Waals surface area (Å²) in [4.78, 5) is 215. The molecule has 38 nitrogen and oxygen atoms in total. The molecule has 672 valence electrons. The lowest BCUT2D eigenvalue weighted by atomic mass is 9.99. The second-order valence-corrected chi connectivity index (χ2v) is 30.5. The van der Waals surface area contributed by atoms with Crippen molar-refractivity contribution in [1.29, 1.82) is 0 Å². The maximum atomic E-state index is 15.5. The normalized spacial score (nSPS) is 15.1. The Morgan fingerprint density at radius 2 is 0.694 bits per heavy atom. The van der Waals surface area contributed by atoms with Crippen LogP contribution in [0.5, 0.6) is 0 Å². The van der Waals surface area contributed by atoms with Crippen molar-refractivity contribution < 1.29 is 92.3 Å². The van der Waals surface area contributed by atoms with E-state index in [-0.39, 0.29) is 88.9 Å². The van der Waals surface area contributed by atoms with Crippen molar-refractivity contribution >= 4 is 125 Å². The molecular formula is C84H115N19O19S2.